The maximum atomic E-state index is 13.1. The van der Waals surface area contributed by atoms with Crippen molar-refractivity contribution in [3.05, 3.63) is 0 Å². The molecule has 0 radical (unpaired) electrons. The van der Waals surface area contributed by atoms with Gasteiger partial charge in [0.2, 0.25) is 0 Å². The number of ether oxygens (including phenoxy) is 4. The molecular formula is C83H162O17P2. The minimum Gasteiger partial charge on any atom is -0.462 e. The number of carbonyl (C=O) groups is 4. The van der Waals surface area contributed by atoms with Crippen molar-refractivity contribution in [3.63, 3.8) is 0 Å². The van der Waals surface area contributed by atoms with Gasteiger partial charge < -0.3 is 33.8 Å². The summed E-state index contributed by atoms with van der Waals surface area (Å²) < 4.78 is 68.7. The van der Waals surface area contributed by atoms with E-state index in [1.807, 2.05) is 0 Å². The van der Waals surface area contributed by atoms with Gasteiger partial charge in [0.25, 0.3) is 0 Å². The van der Waals surface area contributed by atoms with E-state index in [1.165, 1.54) is 250 Å². The van der Waals surface area contributed by atoms with Gasteiger partial charge in [0.1, 0.15) is 19.3 Å². The predicted octanol–water partition coefficient (Wildman–Crippen LogP) is 25.1. The summed E-state index contributed by atoms with van der Waals surface area (Å²) in [6.45, 7) is 9.54. The minimum atomic E-state index is -4.96. The Hall–Kier alpha value is -1.94. The van der Waals surface area contributed by atoms with Crippen LogP contribution >= 0.6 is 15.6 Å². The Balaban J connectivity index is 5.19. The Morgan fingerprint density at radius 2 is 0.451 bits per heavy atom. The molecule has 0 amide bonds. The van der Waals surface area contributed by atoms with Crippen molar-refractivity contribution in [2.75, 3.05) is 39.6 Å². The molecular weight excluding hydrogens is 1330 g/mol. The molecule has 0 saturated heterocycles. The van der Waals surface area contributed by atoms with Crippen LogP contribution in [0.2, 0.25) is 0 Å². The highest BCUT2D eigenvalue weighted by molar-refractivity contribution is 7.47. The summed E-state index contributed by atoms with van der Waals surface area (Å²) in [6.07, 6.45) is 65.7. The van der Waals surface area contributed by atoms with Crippen molar-refractivity contribution >= 4 is 39.5 Å². The van der Waals surface area contributed by atoms with Gasteiger partial charge in [-0.2, -0.15) is 0 Å². The van der Waals surface area contributed by atoms with Gasteiger partial charge in [0.15, 0.2) is 12.2 Å². The molecule has 0 heterocycles. The summed E-state index contributed by atoms with van der Waals surface area (Å²) in [7, 11) is -9.92. The number of phosphoric acid groups is 2. The molecule has 0 aromatic heterocycles. The van der Waals surface area contributed by atoms with E-state index < -0.39 is 97.5 Å². The smallest absolute Gasteiger partial charge is 0.462 e. The lowest BCUT2D eigenvalue weighted by Crippen LogP contribution is -2.30. The third-order valence-corrected chi connectivity index (χ3v) is 21.4. The summed E-state index contributed by atoms with van der Waals surface area (Å²) in [4.78, 5) is 73.0. The van der Waals surface area contributed by atoms with Crippen molar-refractivity contribution in [2.45, 2.75) is 458 Å². The van der Waals surface area contributed by atoms with Crippen LogP contribution in [0.25, 0.3) is 0 Å². The van der Waals surface area contributed by atoms with Crippen LogP contribution < -0.4 is 0 Å². The molecule has 0 aliphatic carbocycles. The number of unbranched alkanes of at least 4 members (excludes halogenated alkanes) is 52. The van der Waals surface area contributed by atoms with Crippen molar-refractivity contribution < 1.29 is 80.2 Å². The lowest BCUT2D eigenvalue weighted by atomic mass is 10.0. The molecule has 102 heavy (non-hydrogen) atoms. The van der Waals surface area contributed by atoms with Gasteiger partial charge in [-0.25, -0.2) is 9.13 Å². The summed E-state index contributed by atoms with van der Waals surface area (Å²) >= 11 is 0. The molecule has 0 rings (SSSR count). The summed E-state index contributed by atoms with van der Waals surface area (Å²) in [5, 5.41) is 10.6. The molecule has 0 aromatic rings. The lowest BCUT2D eigenvalue weighted by molar-refractivity contribution is -0.161. The minimum absolute atomic E-state index is 0.104. The van der Waals surface area contributed by atoms with Crippen LogP contribution in [0.3, 0.4) is 0 Å². The van der Waals surface area contributed by atoms with Crippen LogP contribution in [0.1, 0.15) is 440 Å². The Bertz CT molecular complexity index is 1960. The molecule has 0 aliphatic heterocycles. The first-order valence-corrected chi connectivity index (χ1v) is 46.0. The van der Waals surface area contributed by atoms with Crippen molar-refractivity contribution in [1.82, 2.24) is 0 Å². The van der Waals surface area contributed by atoms with E-state index in [-0.39, 0.29) is 25.7 Å². The van der Waals surface area contributed by atoms with Gasteiger partial charge in [-0.1, -0.05) is 388 Å². The molecule has 0 spiro atoms. The number of hydrogen-bond acceptors (Lipinski definition) is 15. The fourth-order valence-corrected chi connectivity index (χ4v) is 14.5. The van der Waals surface area contributed by atoms with Gasteiger partial charge in [-0.15, -0.1) is 0 Å². The van der Waals surface area contributed by atoms with Crippen LogP contribution in [0.5, 0.6) is 0 Å². The number of aliphatic hydroxyl groups excluding tert-OH is 1. The number of rotatable bonds is 82. The van der Waals surface area contributed by atoms with E-state index >= 15 is 0 Å². The molecule has 0 saturated carbocycles. The second-order valence-electron chi connectivity index (χ2n) is 30.8. The largest absolute Gasteiger partial charge is 0.472 e. The van der Waals surface area contributed by atoms with E-state index in [1.54, 1.807) is 0 Å². The van der Waals surface area contributed by atoms with E-state index in [2.05, 4.69) is 41.5 Å². The first kappa shape index (κ1) is 100. The topological polar surface area (TPSA) is 237 Å². The molecule has 0 fully saturated rings. The maximum absolute atomic E-state index is 13.1. The zero-order chi connectivity index (χ0) is 74.9. The van der Waals surface area contributed by atoms with Crippen molar-refractivity contribution in [2.24, 2.45) is 11.8 Å². The van der Waals surface area contributed by atoms with Crippen molar-refractivity contribution in [3.8, 4) is 0 Å². The summed E-state index contributed by atoms with van der Waals surface area (Å²) in [5.74, 6) is -0.688. The molecule has 19 heteroatoms. The van der Waals surface area contributed by atoms with Gasteiger partial charge in [0.05, 0.1) is 26.4 Å². The monoisotopic (exact) mass is 1490 g/mol. The molecule has 17 nitrogen and oxygen atoms in total. The van der Waals surface area contributed by atoms with Crippen molar-refractivity contribution in [1.29, 1.82) is 0 Å². The molecule has 606 valence electrons. The third kappa shape index (κ3) is 76.3. The first-order valence-electron chi connectivity index (χ1n) is 43.0. The van der Waals surface area contributed by atoms with E-state index in [9.17, 15) is 43.2 Å². The molecule has 2 unspecified atom stereocenters. The maximum Gasteiger partial charge on any atom is 0.472 e. The quantitative estimate of drug-likeness (QED) is 0.0222. The van der Waals surface area contributed by atoms with E-state index in [0.717, 1.165) is 102 Å². The van der Waals surface area contributed by atoms with Gasteiger partial charge >= 0.3 is 39.5 Å². The Morgan fingerprint density at radius 1 is 0.265 bits per heavy atom. The number of hydrogen-bond donors (Lipinski definition) is 3. The highest BCUT2D eigenvalue weighted by Crippen LogP contribution is 2.45. The normalized spacial score (nSPS) is 13.9. The zero-order valence-electron chi connectivity index (χ0n) is 66.9. The predicted molar refractivity (Wildman–Crippen MR) is 418 cm³/mol. The number of carbonyl (C=O) groups excluding carboxylic acids is 4. The molecule has 0 aliphatic rings. The average Bonchev–Trinajstić information content (AvgIpc) is 0.937. The van der Waals surface area contributed by atoms with Gasteiger partial charge in [0, 0.05) is 25.7 Å². The highest BCUT2D eigenvalue weighted by Gasteiger charge is 2.30. The Labute approximate surface area is 626 Å². The Kier molecular flexibility index (Phi) is 73.1. The second-order valence-corrected chi connectivity index (χ2v) is 33.7. The number of esters is 4. The van der Waals surface area contributed by atoms with Crippen LogP contribution in [-0.4, -0.2) is 96.7 Å². The zero-order valence-corrected chi connectivity index (χ0v) is 68.7. The summed E-state index contributed by atoms with van der Waals surface area (Å²) in [6, 6.07) is 0. The number of phosphoric ester groups is 2. The fourth-order valence-electron chi connectivity index (χ4n) is 12.9. The summed E-state index contributed by atoms with van der Waals surface area (Å²) in [5.41, 5.74) is 0. The molecule has 3 N–H and O–H groups in total. The molecule has 0 bridgehead atoms. The Morgan fingerprint density at radius 3 is 0.667 bits per heavy atom. The fraction of sp³-hybridized carbons (Fsp3) is 0.952. The standard InChI is InChI=1S/C83H162O17P2/c1-7-9-11-13-15-17-19-21-23-25-27-29-31-33-35-37-39-41-48-55-61-67-82(87)99-78(71-93-80(85)65-59-53-47-40-38-36-34-32-30-28-26-24-22-20-18-16-14-12-10-8-2)73-97-101(89,90)95-69-77(84)70-96-102(91,92)98-74-79(72-94-81(86)66-60-54-50-44-46-52-58-64-76(5)6)100-83(88)68-62-56-49-43-42-45-51-57-63-75(3)4/h75-79,84H,7-74H2,1-6H3,(H,89,90)(H,91,92)/t77-,78-,79-/m1/s1. The SMILES string of the molecule is CCCCCCCCCCCCCCCCCCCCCCCC(=O)O[C@H](COC(=O)CCCCCCCCCCCCCCCCCCCCCC)COP(=O)(O)OC[C@@H](O)COP(=O)(O)OC[C@@H](COC(=O)CCCCCCCCCC(C)C)OC(=O)CCCCCCCCCCC(C)C. The highest BCUT2D eigenvalue weighted by atomic mass is 31.2. The van der Waals surface area contributed by atoms with Crippen LogP contribution in [0.15, 0.2) is 0 Å². The van der Waals surface area contributed by atoms with E-state index in [4.69, 9.17) is 37.0 Å². The van der Waals surface area contributed by atoms with Crippen LogP contribution in [0, 0.1) is 11.8 Å². The van der Waals surface area contributed by atoms with Crippen LogP contribution in [0.4, 0.5) is 0 Å². The van der Waals surface area contributed by atoms with Gasteiger partial charge in [-0.05, 0) is 37.5 Å². The first-order chi connectivity index (χ1) is 49.4. The number of aliphatic hydroxyl groups is 1. The van der Waals surface area contributed by atoms with Gasteiger partial charge in [-0.3, -0.25) is 37.3 Å². The average molecular weight is 1490 g/mol. The third-order valence-electron chi connectivity index (χ3n) is 19.5. The lowest BCUT2D eigenvalue weighted by Gasteiger charge is -2.21. The molecule has 5 atom stereocenters. The van der Waals surface area contributed by atoms with E-state index in [0.29, 0.717) is 31.6 Å². The van der Waals surface area contributed by atoms with Crippen LogP contribution in [-0.2, 0) is 65.4 Å². The molecule has 0 aromatic carbocycles. The second kappa shape index (κ2) is 74.5.